The molecule has 0 bridgehead atoms. The van der Waals surface area contributed by atoms with Crippen LogP contribution in [-0.2, 0) is 14.8 Å². The lowest BCUT2D eigenvalue weighted by Crippen LogP contribution is -2.50. The lowest BCUT2D eigenvalue weighted by molar-refractivity contribution is 0.0526. The molecule has 1 aliphatic heterocycles. The van der Waals surface area contributed by atoms with Crippen LogP contribution in [0, 0.1) is 0 Å². The first-order valence-electron chi connectivity index (χ1n) is 8.90. The van der Waals surface area contributed by atoms with Crippen molar-refractivity contribution in [3.63, 3.8) is 0 Å². The number of benzene rings is 1. The van der Waals surface area contributed by atoms with Crippen molar-refractivity contribution in [1.29, 1.82) is 0 Å². The minimum Gasteiger partial charge on any atom is -0.462 e. The number of hydrogen-bond donors (Lipinski definition) is 0. The number of piperazine rings is 1. The Morgan fingerprint density at radius 3 is 2.14 bits per heavy atom. The summed E-state index contributed by atoms with van der Waals surface area (Å²) in [4.78, 5) is 29.8. The van der Waals surface area contributed by atoms with E-state index in [1.165, 1.54) is 28.6 Å². The molecular weight excluding hydrogens is 382 g/mol. The molecule has 0 N–H and O–H groups in total. The van der Waals surface area contributed by atoms with Crippen LogP contribution in [0.25, 0.3) is 0 Å². The maximum Gasteiger partial charge on any atom is 0.338 e. The number of nitrogens with zero attached hydrogens (tertiary/aromatic N) is 3. The van der Waals surface area contributed by atoms with E-state index in [1.807, 2.05) is 0 Å². The van der Waals surface area contributed by atoms with Gasteiger partial charge in [-0.25, -0.2) is 13.2 Å². The molecule has 0 spiro atoms. The zero-order valence-corrected chi connectivity index (χ0v) is 16.3. The summed E-state index contributed by atoms with van der Waals surface area (Å²) in [5.74, 6) is -0.632. The van der Waals surface area contributed by atoms with E-state index in [0.717, 1.165) is 0 Å². The molecule has 1 aromatic carbocycles. The SMILES string of the molecule is CCOC(=O)c1ccc(S(=O)(=O)N2CCN(C(=O)c3ccncc3)CC2)cc1. The molecule has 148 valence electrons. The molecule has 3 rings (SSSR count). The predicted octanol–water partition coefficient (Wildman–Crippen LogP) is 1.40. The van der Waals surface area contributed by atoms with Crippen LogP contribution in [0.4, 0.5) is 0 Å². The van der Waals surface area contributed by atoms with Gasteiger partial charge in [-0.3, -0.25) is 9.78 Å². The van der Waals surface area contributed by atoms with E-state index in [1.54, 1.807) is 36.4 Å². The fraction of sp³-hybridized carbons (Fsp3) is 0.316. The Labute approximate surface area is 163 Å². The number of sulfonamides is 1. The zero-order chi connectivity index (χ0) is 20.1. The maximum atomic E-state index is 12.8. The standard InChI is InChI=1S/C19H21N3O5S/c1-2-27-19(24)16-3-5-17(6-4-16)28(25,26)22-13-11-21(12-14-22)18(23)15-7-9-20-10-8-15/h3-10H,2,11-14H2,1H3. The smallest absolute Gasteiger partial charge is 0.338 e. The number of carbonyl (C=O) groups excluding carboxylic acids is 2. The molecule has 0 aliphatic carbocycles. The van der Waals surface area contributed by atoms with Gasteiger partial charge in [-0.05, 0) is 43.3 Å². The summed E-state index contributed by atoms with van der Waals surface area (Å²) in [7, 11) is -3.70. The molecule has 1 amide bonds. The van der Waals surface area contributed by atoms with Crippen LogP contribution in [0.2, 0.25) is 0 Å². The van der Waals surface area contributed by atoms with Crippen molar-refractivity contribution >= 4 is 21.9 Å². The molecule has 2 heterocycles. The number of aromatic nitrogens is 1. The maximum absolute atomic E-state index is 12.8. The predicted molar refractivity (Wildman–Crippen MR) is 101 cm³/mol. The summed E-state index contributed by atoms with van der Waals surface area (Å²) >= 11 is 0. The van der Waals surface area contributed by atoms with E-state index < -0.39 is 16.0 Å². The molecule has 1 aromatic heterocycles. The molecule has 0 saturated carbocycles. The molecule has 9 heteroatoms. The highest BCUT2D eigenvalue weighted by molar-refractivity contribution is 7.89. The van der Waals surface area contributed by atoms with Gasteiger partial charge in [0.1, 0.15) is 0 Å². The van der Waals surface area contributed by atoms with Crippen LogP contribution < -0.4 is 0 Å². The van der Waals surface area contributed by atoms with Gasteiger partial charge in [0.2, 0.25) is 10.0 Å². The number of amides is 1. The fourth-order valence-electron chi connectivity index (χ4n) is 2.94. The van der Waals surface area contributed by atoms with Gasteiger partial charge in [-0.1, -0.05) is 0 Å². The van der Waals surface area contributed by atoms with Crippen LogP contribution in [0.15, 0.2) is 53.7 Å². The van der Waals surface area contributed by atoms with Gasteiger partial charge in [-0.2, -0.15) is 4.31 Å². The summed E-state index contributed by atoms with van der Waals surface area (Å²) in [5.41, 5.74) is 0.828. The van der Waals surface area contributed by atoms with E-state index in [4.69, 9.17) is 4.74 Å². The first-order valence-corrected chi connectivity index (χ1v) is 10.3. The Bertz CT molecular complexity index is 937. The monoisotopic (exact) mass is 403 g/mol. The molecule has 0 atom stereocenters. The topological polar surface area (TPSA) is 96.9 Å². The Balaban J connectivity index is 1.66. The van der Waals surface area contributed by atoms with Crippen LogP contribution >= 0.6 is 0 Å². The average Bonchev–Trinajstić information content (AvgIpc) is 2.74. The lowest BCUT2D eigenvalue weighted by Gasteiger charge is -2.34. The highest BCUT2D eigenvalue weighted by Crippen LogP contribution is 2.19. The number of pyridine rings is 1. The van der Waals surface area contributed by atoms with Gasteiger partial charge in [0.25, 0.3) is 5.91 Å². The number of carbonyl (C=O) groups is 2. The van der Waals surface area contributed by atoms with Crippen molar-refractivity contribution in [2.75, 3.05) is 32.8 Å². The van der Waals surface area contributed by atoms with Gasteiger partial charge in [-0.15, -0.1) is 0 Å². The van der Waals surface area contributed by atoms with Gasteiger partial charge in [0, 0.05) is 44.1 Å². The highest BCUT2D eigenvalue weighted by atomic mass is 32.2. The summed E-state index contributed by atoms with van der Waals surface area (Å²) in [6.07, 6.45) is 3.10. The molecule has 1 fully saturated rings. The number of hydrogen-bond acceptors (Lipinski definition) is 6. The third kappa shape index (κ3) is 4.20. The Kier molecular flexibility index (Phi) is 6.05. The van der Waals surface area contributed by atoms with Gasteiger partial charge in [0.15, 0.2) is 0 Å². The molecule has 8 nitrogen and oxygen atoms in total. The third-order valence-corrected chi connectivity index (χ3v) is 6.37. The van der Waals surface area contributed by atoms with Crippen LogP contribution in [0.3, 0.4) is 0 Å². The molecule has 0 radical (unpaired) electrons. The summed E-state index contributed by atoms with van der Waals surface area (Å²) < 4.78 is 31.9. The van der Waals surface area contributed by atoms with E-state index in [0.29, 0.717) is 24.2 Å². The van der Waals surface area contributed by atoms with Gasteiger partial charge in [0.05, 0.1) is 17.1 Å². The van der Waals surface area contributed by atoms with Crippen molar-refractivity contribution in [2.24, 2.45) is 0 Å². The van der Waals surface area contributed by atoms with Crippen molar-refractivity contribution in [2.45, 2.75) is 11.8 Å². The molecular formula is C19H21N3O5S. The molecule has 1 aliphatic rings. The lowest BCUT2D eigenvalue weighted by atomic mass is 10.2. The largest absolute Gasteiger partial charge is 0.462 e. The van der Waals surface area contributed by atoms with Gasteiger partial charge < -0.3 is 9.64 Å². The highest BCUT2D eigenvalue weighted by Gasteiger charge is 2.30. The van der Waals surface area contributed by atoms with Crippen molar-refractivity contribution < 1.29 is 22.7 Å². The molecule has 1 saturated heterocycles. The number of ether oxygens (including phenoxy) is 1. The molecule has 0 unspecified atom stereocenters. The Hall–Kier alpha value is -2.78. The fourth-order valence-corrected chi connectivity index (χ4v) is 4.36. The molecule has 28 heavy (non-hydrogen) atoms. The Morgan fingerprint density at radius 1 is 0.964 bits per heavy atom. The number of esters is 1. The third-order valence-electron chi connectivity index (χ3n) is 4.46. The quantitative estimate of drug-likeness (QED) is 0.700. The van der Waals surface area contributed by atoms with Crippen molar-refractivity contribution in [1.82, 2.24) is 14.2 Å². The normalized spacial score (nSPS) is 15.2. The van der Waals surface area contributed by atoms with Crippen LogP contribution in [0.5, 0.6) is 0 Å². The number of rotatable bonds is 5. The van der Waals surface area contributed by atoms with E-state index >= 15 is 0 Å². The second kappa shape index (κ2) is 8.49. The van der Waals surface area contributed by atoms with Crippen molar-refractivity contribution in [3.8, 4) is 0 Å². The first kappa shape index (κ1) is 20.0. The summed E-state index contributed by atoms with van der Waals surface area (Å²) in [5, 5.41) is 0. The second-order valence-corrected chi connectivity index (χ2v) is 8.11. The van der Waals surface area contributed by atoms with E-state index in [-0.39, 0.29) is 30.5 Å². The Morgan fingerprint density at radius 2 is 1.57 bits per heavy atom. The zero-order valence-electron chi connectivity index (χ0n) is 15.4. The van der Waals surface area contributed by atoms with Crippen molar-refractivity contribution in [3.05, 3.63) is 59.9 Å². The molecule has 2 aromatic rings. The summed E-state index contributed by atoms with van der Waals surface area (Å²) in [6, 6.07) is 8.95. The first-order chi connectivity index (χ1) is 13.4. The summed E-state index contributed by atoms with van der Waals surface area (Å²) in [6.45, 7) is 2.98. The van der Waals surface area contributed by atoms with Crippen LogP contribution in [-0.4, -0.2) is 67.3 Å². The second-order valence-electron chi connectivity index (χ2n) is 6.18. The minimum absolute atomic E-state index is 0.106. The van der Waals surface area contributed by atoms with Gasteiger partial charge >= 0.3 is 5.97 Å². The van der Waals surface area contributed by atoms with E-state index in [9.17, 15) is 18.0 Å². The van der Waals surface area contributed by atoms with Crippen LogP contribution in [0.1, 0.15) is 27.6 Å². The van der Waals surface area contributed by atoms with E-state index in [2.05, 4.69) is 4.98 Å². The average molecular weight is 403 g/mol. The minimum atomic E-state index is -3.70.